The molecule has 0 fully saturated rings. The minimum Gasteiger partial charge on any atom is -0.383 e. The second-order valence-corrected chi connectivity index (χ2v) is 8.43. The van der Waals surface area contributed by atoms with Crippen LogP contribution >= 0.6 is 0 Å². The van der Waals surface area contributed by atoms with Gasteiger partial charge in [-0.3, -0.25) is 9.59 Å². The number of nitrogens with zero attached hydrogens (tertiary/aromatic N) is 1. The minimum absolute atomic E-state index is 0.174. The molecule has 0 aliphatic carbocycles. The molecule has 0 bridgehead atoms. The minimum atomic E-state index is -1.25. The summed E-state index contributed by atoms with van der Waals surface area (Å²) >= 11 is 0. The highest BCUT2D eigenvalue weighted by Gasteiger charge is 2.25. The lowest BCUT2D eigenvalue weighted by Gasteiger charge is -2.21. The monoisotopic (exact) mass is 456 g/mol. The van der Waals surface area contributed by atoms with Gasteiger partial charge in [0.15, 0.2) is 0 Å². The van der Waals surface area contributed by atoms with E-state index in [4.69, 9.17) is 0 Å². The Morgan fingerprint density at radius 3 is 2.44 bits per heavy atom. The highest BCUT2D eigenvalue weighted by atomic mass is 16.3. The molecule has 0 radical (unpaired) electrons. The van der Waals surface area contributed by atoms with Crippen LogP contribution < -0.4 is 10.6 Å². The van der Waals surface area contributed by atoms with Crippen molar-refractivity contribution in [2.24, 2.45) is 0 Å². The zero-order chi connectivity index (χ0) is 23.9. The fourth-order valence-electron chi connectivity index (χ4n) is 3.76. The number of aryl methyl sites for hydroxylation is 1. The molecule has 0 aliphatic rings. The van der Waals surface area contributed by atoms with Gasteiger partial charge in [-0.15, -0.1) is 0 Å². The summed E-state index contributed by atoms with van der Waals surface area (Å²) in [5, 5.41) is 17.0. The standard InChI is InChI=1S/C27H28N4O3/c1-18-7-9-20(10-8-18)14-23(31-27(34)24(32)15-19-5-3-2-4-6-19)26(33)30-17-21-13-22-11-12-28-25(22)29-16-21/h2-13,16,23-24,32H,14-15,17H2,1H3,(H,28,29)(H,30,33)(H,31,34)/t23-,24?/m0/s1. The van der Waals surface area contributed by atoms with Crippen LogP contribution in [0.4, 0.5) is 0 Å². The van der Waals surface area contributed by atoms with Gasteiger partial charge in [0.25, 0.3) is 0 Å². The van der Waals surface area contributed by atoms with Crippen LogP contribution in [0.15, 0.2) is 79.1 Å². The third kappa shape index (κ3) is 6.08. The van der Waals surface area contributed by atoms with Gasteiger partial charge in [0.05, 0.1) is 0 Å². The summed E-state index contributed by atoms with van der Waals surface area (Å²) in [5.41, 5.74) is 4.51. The number of aromatic amines is 1. The molecular formula is C27H28N4O3. The van der Waals surface area contributed by atoms with Gasteiger partial charge in [0.1, 0.15) is 17.8 Å². The first-order valence-corrected chi connectivity index (χ1v) is 11.3. The first-order valence-electron chi connectivity index (χ1n) is 11.3. The Balaban J connectivity index is 1.43. The lowest BCUT2D eigenvalue weighted by Crippen LogP contribution is -2.51. The fraction of sp³-hybridized carbons (Fsp3) is 0.222. The number of hydrogen-bond acceptors (Lipinski definition) is 4. The number of hydrogen-bond donors (Lipinski definition) is 4. The predicted molar refractivity (Wildman–Crippen MR) is 131 cm³/mol. The van der Waals surface area contributed by atoms with Crippen LogP contribution in [0.5, 0.6) is 0 Å². The van der Waals surface area contributed by atoms with E-state index in [1.54, 1.807) is 6.20 Å². The Morgan fingerprint density at radius 1 is 0.941 bits per heavy atom. The zero-order valence-electron chi connectivity index (χ0n) is 19.0. The zero-order valence-corrected chi connectivity index (χ0v) is 19.0. The Bertz CT molecular complexity index is 1250. The molecule has 174 valence electrons. The number of carbonyl (C=O) groups excluding carboxylic acids is 2. The van der Waals surface area contributed by atoms with Crippen LogP contribution in [0.3, 0.4) is 0 Å². The maximum Gasteiger partial charge on any atom is 0.249 e. The summed E-state index contributed by atoms with van der Waals surface area (Å²) in [6.07, 6.45) is 2.75. The summed E-state index contributed by atoms with van der Waals surface area (Å²) in [6, 6.07) is 20.1. The van der Waals surface area contributed by atoms with Gasteiger partial charge in [0.2, 0.25) is 11.8 Å². The first-order chi connectivity index (χ1) is 16.5. The molecule has 0 saturated carbocycles. The summed E-state index contributed by atoms with van der Waals surface area (Å²) in [5.74, 6) is -0.901. The Labute approximate surface area is 198 Å². The SMILES string of the molecule is Cc1ccc(C[C@H](NC(=O)C(O)Cc2ccccc2)C(=O)NCc2cnc3[nH]ccc3c2)cc1. The molecule has 2 aromatic carbocycles. The number of benzene rings is 2. The lowest BCUT2D eigenvalue weighted by molar-refractivity contribution is -0.134. The van der Waals surface area contributed by atoms with Crippen LogP contribution in [0.2, 0.25) is 0 Å². The highest BCUT2D eigenvalue weighted by Crippen LogP contribution is 2.12. The first kappa shape index (κ1) is 23.2. The van der Waals surface area contributed by atoms with Crippen molar-refractivity contribution in [1.29, 1.82) is 0 Å². The van der Waals surface area contributed by atoms with Gasteiger partial charge < -0.3 is 20.7 Å². The average molecular weight is 457 g/mol. The number of aliphatic hydroxyl groups is 1. The van der Waals surface area contributed by atoms with E-state index in [1.807, 2.05) is 79.9 Å². The smallest absolute Gasteiger partial charge is 0.249 e. The van der Waals surface area contributed by atoms with E-state index in [1.165, 1.54) is 0 Å². The van der Waals surface area contributed by atoms with Crippen molar-refractivity contribution in [3.63, 3.8) is 0 Å². The summed E-state index contributed by atoms with van der Waals surface area (Å²) < 4.78 is 0. The molecule has 2 aromatic heterocycles. The van der Waals surface area contributed by atoms with Crippen molar-refractivity contribution in [3.05, 3.63) is 101 Å². The second kappa shape index (κ2) is 10.8. The fourth-order valence-corrected chi connectivity index (χ4v) is 3.76. The predicted octanol–water partition coefficient (Wildman–Crippen LogP) is 2.82. The molecular weight excluding hydrogens is 428 g/mol. The van der Waals surface area contributed by atoms with Gasteiger partial charge in [-0.25, -0.2) is 4.98 Å². The maximum atomic E-state index is 13.1. The van der Waals surface area contributed by atoms with E-state index < -0.39 is 18.1 Å². The third-order valence-electron chi connectivity index (χ3n) is 5.69. The number of nitrogens with one attached hydrogen (secondary N) is 3. The van der Waals surface area contributed by atoms with Gasteiger partial charge >= 0.3 is 0 Å². The van der Waals surface area contributed by atoms with E-state index in [0.717, 1.165) is 33.3 Å². The number of aromatic nitrogens is 2. The van der Waals surface area contributed by atoms with Gasteiger partial charge in [-0.05, 0) is 35.7 Å². The Morgan fingerprint density at radius 2 is 1.68 bits per heavy atom. The molecule has 4 rings (SSSR count). The van der Waals surface area contributed by atoms with E-state index in [-0.39, 0.29) is 18.9 Å². The maximum absolute atomic E-state index is 13.1. The number of rotatable bonds is 9. The summed E-state index contributed by atoms with van der Waals surface area (Å²) in [4.78, 5) is 33.2. The van der Waals surface area contributed by atoms with Gasteiger partial charge in [-0.1, -0.05) is 60.2 Å². The number of pyridine rings is 1. The van der Waals surface area contributed by atoms with Crippen LogP contribution in [0.25, 0.3) is 11.0 Å². The van der Waals surface area contributed by atoms with E-state index in [2.05, 4.69) is 20.6 Å². The molecule has 7 nitrogen and oxygen atoms in total. The molecule has 4 aromatic rings. The topological polar surface area (TPSA) is 107 Å². The quantitative estimate of drug-likeness (QED) is 0.311. The molecule has 2 heterocycles. The molecule has 2 atom stereocenters. The highest BCUT2D eigenvalue weighted by molar-refractivity contribution is 5.89. The number of carbonyl (C=O) groups is 2. The number of aliphatic hydroxyl groups excluding tert-OH is 1. The number of H-pyrrole nitrogens is 1. The molecule has 1 unspecified atom stereocenters. The number of amides is 2. The van der Waals surface area contributed by atoms with Crippen LogP contribution in [0, 0.1) is 6.92 Å². The van der Waals surface area contributed by atoms with Crippen LogP contribution in [-0.2, 0) is 29.0 Å². The molecule has 34 heavy (non-hydrogen) atoms. The van der Waals surface area contributed by atoms with E-state index in [0.29, 0.717) is 6.42 Å². The van der Waals surface area contributed by atoms with Gasteiger partial charge in [-0.2, -0.15) is 0 Å². The van der Waals surface area contributed by atoms with E-state index >= 15 is 0 Å². The molecule has 0 saturated heterocycles. The van der Waals surface area contributed by atoms with Crippen molar-refractivity contribution < 1.29 is 14.7 Å². The number of fused-ring (bicyclic) bond motifs is 1. The van der Waals surface area contributed by atoms with Gasteiger partial charge in [0, 0.05) is 37.2 Å². The second-order valence-electron chi connectivity index (χ2n) is 8.43. The molecule has 4 N–H and O–H groups in total. The summed E-state index contributed by atoms with van der Waals surface area (Å²) in [7, 11) is 0. The van der Waals surface area contributed by atoms with Crippen molar-refractivity contribution in [2.75, 3.05) is 0 Å². The van der Waals surface area contributed by atoms with Crippen molar-refractivity contribution in [1.82, 2.24) is 20.6 Å². The molecule has 7 heteroatoms. The van der Waals surface area contributed by atoms with Crippen molar-refractivity contribution >= 4 is 22.8 Å². The van der Waals surface area contributed by atoms with Crippen molar-refractivity contribution in [2.45, 2.75) is 38.5 Å². The average Bonchev–Trinajstić information content (AvgIpc) is 3.32. The summed E-state index contributed by atoms with van der Waals surface area (Å²) in [6.45, 7) is 2.27. The lowest BCUT2D eigenvalue weighted by atomic mass is 10.0. The van der Waals surface area contributed by atoms with Crippen LogP contribution in [-0.4, -0.2) is 39.0 Å². The van der Waals surface area contributed by atoms with Crippen molar-refractivity contribution in [3.8, 4) is 0 Å². The molecule has 0 aliphatic heterocycles. The third-order valence-corrected chi connectivity index (χ3v) is 5.69. The molecule has 0 spiro atoms. The normalized spacial score (nSPS) is 12.8. The molecule has 2 amide bonds. The van der Waals surface area contributed by atoms with E-state index in [9.17, 15) is 14.7 Å². The largest absolute Gasteiger partial charge is 0.383 e. The Hall–Kier alpha value is -3.97. The Kier molecular flexibility index (Phi) is 7.34. The van der Waals surface area contributed by atoms with Crippen LogP contribution in [0.1, 0.15) is 22.3 Å².